The van der Waals surface area contributed by atoms with Gasteiger partial charge in [0, 0.05) is 54.0 Å². The van der Waals surface area contributed by atoms with Crippen molar-refractivity contribution < 1.29 is 9.59 Å². The van der Waals surface area contributed by atoms with Gasteiger partial charge in [-0.15, -0.1) is 11.8 Å². The predicted molar refractivity (Wildman–Crippen MR) is 122 cm³/mol. The molecule has 2 amide bonds. The number of nitrogens with zero attached hydrogens (tertiary/aromatic N) is 2. The number of benzene rings is 2. The van der Waals surface area contributed by atoms with E-state index in [4.69, 9.17) is 0 Å². The Hall–Kier alpha value is -2.31. The molecule has 2 aromatic carbocycles. The van der Waals surface area contributed by atoms with Gasteiger partial charge >= 0.3 is 0 Å². The molecule has 0 atom stereocenters. The lowest BCUT2D eigenvalue weighted by atomic mass is 9.98. The molecule has 0 radical (unpaired) electrons. The highest BCUT2D eigenvalue weighted by Crippen LogP contribution is 2.25. The molecule has 30 heavy (non-hydrogen) atoms. The summed E-state index contributed by atoms with van der Waals surface area (Å²) in [4.78, 5) is 30.2. The first-order valence-electron chi connectivity index (χ1n) is 10.7. The van der Waals surface area contributed by atoms with Gasteiger partial charge in [0.05, 0.1) is 0 Å². The molecule has 1 fully saturated rings. The highest BCUT2D eigenvalue weighted by molar-refractivity contribution is 7.99. The van der Waals surface area contributed by atoms with E-state index in [0.717, 1.165) is 55.0 Å². The fourth-order valence-electron chi connectivity index (χ4n) is 4.22. The first-order chi connectivity index (χ1) is 14.6. The van der Waals surface area contributed by atoms with Crippen LogP contribution in [-0.4, -0.2) is 60.1 Å². The van der Waals surface area contributed by atoms with Gasteiger partial charge in [0.2, 0.25) is 5.91 Å². The van der Waals surface area contributed by atoms with Crippen LogP contribution in [0.4, 0.5) is 5.69 Å². The minimum atomic E-state index is 0.0509. The van der Waals surface area contributed by atoms with Crippen LogP contribution in [0.1, 0.15) is 35.2 Å². The third-order valence-electron chi connectivity index (χ3n) is 6.08. The van der Waals surface area contributed by atoms with Crippen molar-refractivity contribution in [2.45, 2.75) is 36.6 Å². The van der Waals surface area contributed by atoms with E-state index >= 15 is 0 Å². The standard InChI is InChI=1S/C24H29N3O2S/c1-26(15-16-30-21-5-3-2-4-6-21)20-11-13-27(14-12-20)24(29)19-7-9-22-18(17-19)8-10-23(28)25-22/h2-7,9,17,20H,8,10-16H2,1H3,(H,25,28). The molecule has 1 saturated heterocycles. The van der Waals surface area contributed by atoms with E-state index in [1.165, 1.54) is 4.90 Å². The number of hydrogen-bond donors (Lipinski definition) is 1. The largest absolute Gasteiger partial charge is 0.339 e. The van der Waals surface area contributed by atoms with Crippen LogP contribution >= 0.6 is 11.8 Å². The Kier molecular flexibility index (Phi) is 6.75. The Morgan fingerprint density at radius 2 is 1.90 bits per heavy atom. The smallest absolute Gasteiger partial charge is 0.253 e. The molecular formula is C24H29N3O2S. The van der Waals surface area contributed by atoms with E-state index in [1.807, 2.05) is 40.9 Å². The number of piperidine rings is 1. The number of aryl methyl sites for hydroxylation is 1. The molecule has 0 bridgehead atoms. The maximum absolute atomic E-state index is 13.0. The number of carbonyl (C=O) groups excluding carboxylic acids is 2. The number of amides is 2. The maximum atomic E-state index is 13.0. The number of carbonyl (C=O) groups is 2. The van der Waals surface area contributed by atoms with Crippen LogP contribution in [0.25, 0.3) is 0 Å². The quantitative estimate of drug-likeness (QED) is 0.716. The Balaban J connectivity index is 1.25. The van der Waals surface area contributed by atoms with Gasteiger partial charge in [-0.05, 0) is 62.2 Å². The minimum Gasteiger partial charge on any atom is -0.339 e. The lowest BCUT2D eigenvalue weighted by molar-refractivity contribution is -0.116. The molecule has 2 aliphatic heterocycles. The minimum absolute atomic E-state index is 0.0509. The van der Waals surface area contributed by atoms with Crippen molar-refractivity contribution in [3.8, 4) is 0 Å². The number of hydrogen-bond acceptors (Lipinski definition) is 4. The Labute approximate surface area is 182 Å². The van der Waals surface area contributed by atoms with Crippen LogP contribution in [0.2, 0.25) is 0 Å². The van der Waals surface area contributed by atoms with Crippen molar-refractivity contribution >= 4 is 29.3 Å². The van der Waals surface area contributed by atoms with E-state index in [9.17, 15) is 9.59 Å². The van der Waals surface area contributed by atoms with Crippen molar-refractivity contribution in [1.29, 1.82) is 0 Å². The van der Waals surface area contributed by atoms with Gasteiger partial charge in [-0.2, -0.15) is 0 Å². The van der Waals surface area contributed by atoms with Gasteiger partial charge in [-0.1, -0.05) is 18.2 Å². The van der Waals surface area contributed by atoms with Gasteiger partial charge in [-0.3, -0.25) is 9.59 Å². The molecule has 5 nitrogen and oxygen atoms in total. The number of anilines is 1. The van der Waals surface area contributed by atoms with Crippen molar-refractivity contribution in [3.63, 3.8) is 0 Å². The average Bonchev–Trinajstić information content (AvgIpc) is 2.79. The predicted octanol–water partition coefficient (Wildman–Crippen LogP) is 3.90. The summed E-state index contributed by atoms with van der Waals surface area (Å²) >= 11 is 1.89. The number of likely N-dealkylation sites (tertiary alicyclic amines) is 1. The van der Waals surface area contributed by atoms with E-state index in [-0.39, 0.29) is 11.8 Å². The summed E-state index contributed by atoms with van der Waals surface area (Å²) < 4.78 is 0. The maximum Gasteiger partial charge on any atom is 0.253 e. The highest BCUT2D eigenvalue weighted by atomic mass is 32.2. The number of thioether (sulfide) groups is 1. The third kappa shape index (κ3) is 5.05. The molecule has 158 valence electrons. The zero-order chi connectivity index (χ0) is 20.9. The summed E-state index contributed by atoms with van der Waals surface area (Å²) in [6.45, 7) is 2.65. The molecule has 0 spiro atoms. The van der Waals surface area contributed by atoms with Crippen molar-refractivity contribution in [1.82, 2.24) is 9.80 Å². The molecule has 0 aromatic heterocycles. The zero-order valence-electron chi connectivity index (χ0n) is 17.5. The van der Waals surface area contributed by atoms with Crippen LogP contribution in [0, 0.1) is 0 Å². The van der Waals surface area contributed by atoms with Crippen LogP contribution in [-0.2, 0) is 11.2 Å². The SMILES string of the molecule is CN(CCSc1ccccc1)C1CCN(C(=O)c2ccc3c(c2)CCC(=O)N3)CC1. The van der Waals surface area contributed by atoms with Crippen LogP contribution < -0.4 is 5.32 Å². The molecule has 6 heteroatoms. The summed E-state index contributed by atoms with van der Waals surface area (Å²) in [6, 6.07) is 16.7. The Morgan fingerprint density at radius 3 is 2.67 bits per heavy atom. The molecule has 0 aliphatic carbocycles. The molecule has 0 unspecified atom stereocenters. The van der Waals surface area contributed by atoms with Gasteiger partial charge < -0.3 is 15.1 Å². The number of fused-ring (bicyclic) bond motifs is 1. The molecule has 2 aliphatic rings. The zero-order valence-corrected chi connectivity index (χ0v) is 18.3. The second-order valence-corrected chi connectivity index (χ2v) is 9.25. The Morgan fingerprint density at radius 1 is 1.13 bits per heavy atom. The van der Waals surface area contributed by atoms with Crippen molar-refractivity contribution in [2.75, 3.05) is 37.8 Å². The summed E-state index contributed by atoms with van der Waals surface area (Å²) in [5.41, 5.74) is 2.64. The number of nitrogens with one attached hydrogen (secondary N) is 1. The first-order valence-corrected chi connectivity index (χ1v) is 11.7. The summed E-state index contributed by atoms with van der Waals surface area (Å²) in [5, 5.41) is 2.88. The monoisotopic (exact) mass is 423 g/mol. The van der Waals surface area contributed by atoms with E-state index in [1.54, 1.807) is 0 Å². The number of rotatable bonds is 6. The first kappa shape index (κ1) is 20.9. The second kappa shape index (κ2) is 9.67. The molecule has 4 rings (SSSR count). The van der Waals surface area contributed by atoms with Gasteiger partial charge in [0.1, 0.15) is 0 Å². The van der Waals surface area contributed by atoms with Crippen LogP contribution in [0.15, 0.2) is 53.4 Å². The average molecular weight is 424 g/mol. The third-order valence-corrected chi connectivity index (χ3v) is 7.07. The second-order valence-electron chi connectivity index (χ2n) is 8.09. The topological polar surface area (TPSA) is 52.7 Å². The normalized spacial score (nSPS) is 17.0. The van der Waals surface area contributed by atoms with E-state index in [0.29, 0.717) is 18.9 Å². The van der Waals surface area contributed by atoms with Gasteiger partial charge in [0.25, 0.3) is 5.91 Å². The van der Waals surface area contributed by atoms with Crippen molar-refractivity contribution in [3.05, 3.63) is 59.7 Å². The van der Waals surface area contributed by atoms with Crippen LogP contribution in [0.3, 0.4) is 0 Å². The van der Waals surface area contributed by atoms with Gasteiger partial charge in [-0.25, -0.2) is 0 Å². The van der Waals surface area contributed by atoms with Gasteiger partial charge in [0.15, 0.2) is 0 Å². The summed E-state index contributed by atoms with van der Waals surface area (Å²) in [5.74, 6) is 1.23. The molecule has 0 saturated carbocycles. The molecular weight excluding hydrogens is 394 g/mol. The molecule has 2 heterocycles. The van der Waals surface area contributed by atoms with Crippen molar-refractivity contribution in [2.24, 2.45) is 0 Å². The van der Waals surface area contributed by atoms with E-state index in [2.05, 4.69) is 41.5 Å². The highest BCUT2D eigenvalue weighted by Gasteiger charge is 2.26. The molecule has 2 aromatic rings. The summed E-state index contributed by atoms with van der Waals surface area (Å²) in [7, 11) is 2.20. The van der Waals surface area contributed by atoms with Crippen LogP contribution in [0.5, 0.6) is 0 Å². The summed E-state index contributed by atoms with van der Waals surface area (Å²) in [6.07, 6.45) is 3.22. The Bertz CT molecular complexity index is 895. The molecule has 1 N–H and O–H groups in total. The lowest BCUT2D eigenvalue weighted by Crippen LogP contribution is -2.46. The fraction of sp³-hybridized carbons (Fsp3) is 0.417. The fourth-order valence-corrected chi connectivity index (χ4v) is 5.18. The van der Waals surface area contributed by atoms with E-state index < -0.39 is 0 Å². The lowest BCUT2D eigenvalue weighted by Gasteiger charge is -2.37.